The Morgan fingerprint density at radius 2 is 1.88 bits per heavy atom. The predicted octanol–water partition coefficient (Wildman–Crippen LogP) is -0.883. The minimum absolute atomic E-state index is 0.455. The minimum Gasteiger partial charge on any atom is -0.470 e. The van der Waals surface area contributed by atoms with Gasteiger partial charge in [-0.25, -0.2) is 0 Å². The summed E-state index contributed by atoms with van der Waals surface area (Å²) in [6.45, 7) is 1.56. The number of hydrogen-bond acceptors (Lipinski definition) is 6. The van der Waals surface area contributed by atoms with Crippen molar-refractivity contribution in [3.63, 3.8) is 0 Å². The first-order valence-corrected chi connectivity index (χ1v) is 5.72. The van der Waals surface area contributed by atoms with Crippen molar-refractivity contribution in [2.75, 3.05) is 6.61 Å². The highest BCUT2D eigenvalue weighted by Crippen LogP contribution is 2.22. The minimum atomic E-state index is -1.40. The molecule has 0 aromatic heterocycles. The Hall–Kier alpha value is -0.660. The molecule has 1 rings (SSSR count). The first-order valence-electron chi connectivity index (χ1n) is 5.72. The molecule has 0 aromatic rings. The van der Waals surface area contributed by atoms with Gasteiger partial charge in [0, 0.05) is 0 Å². The summed E-state index contributed by atoms with van der Waals surface area (Å²) >= 11 is 0. The van der Waals surface area contributed by atoms with Crippen LogP contribution in [0.4, 0.5) is 0 Å². The van der Waals surface area contributed by atoms with Crippen LogP contribution in [0.5, 0.6) is 0 Å². The maximum absolute atomic E-state index is 9.60. The molecule has 0 aliphatic carbocycles. The van der Waals surface area contributed by atoms with Gasteiger partial charge in [-0.05, 0) is 12.5 Å². The van der Waals surface area contributed by atoms with E-state index in [1.807, 2.05) is 6.92 Å². The first kappa shape index (κ1) is 14.4. The fourth-order valence-corrected chi connectivity index (χ4v) is 1.55. The van der Waals surface area contributed by atoms with Crippen LogP contribution in [-0.4, -0.2) is 57.7 Å². The van der Waals surface area contributed by atoms with E-state index in [4.69, 9.17) is 14.6 Å². The molecule has 1 aliphatic heterocycles. The van der Waals surface area contributed by atoms with E-state index in [2.05, 4.69) is 0 Å². The van der Waals surface area contributed by atoms with Crippen LogP contribution in [0.2, 0.25) is 0 Å². The molecule has 0 aromatic carbocycles. The van der Waals surface area contributed by atoms with Crippen LogP contribution < -0.4 is 0 Å². The van der Waals surface area contributed by atoms with E-state index in [-0.39, 0.29) is 0 Å². The summed E-state index contributed by atoms with van der Waals surface area (Å²) in [5.41, 5.74) is 0. The van der Waals surface area contributed by atoms with E-state index >= 15 is 0 Å². The van der Waals surface area contributed by atoms with Crippen molar-refractivity contribution in [1.82, 2.24) is 0 Å². The summed E-state index contributed by atoms with van der Waals surface area (Å²) in [6.07, 6.45) is -1.17. The number of allylic oxidation sites excluding steroid dienone is 1. The maximum Gasteiger partial charge on any atom is 0.228 e. The molecule has 17 heavy (non-hydrogen) atoms. The van der Waals surface area contributed by atoms with Crippen LogP contribution in [0.25, 0.3) is 0 Å². The molecule has 100 valence electrons. The molecule has 0 spiro atoms. The highest BCUT2D eigenvalue weighted by atomic mass is 16.7. The van der Waals surface area contributed by atoms with Gasteiger partial charge in [-0.3, -0.25) is 0 Å². The summed E-state index contributed by atoms with van der Waals surface area (Å²) in [5.74, 6) is 0. The van der Waals surface area contributed by atoms with E-state index in [1.54, 1.807) is 6.08 Å². The Balaban J connectivity index is 2.53. The molecule has 0 unspecified atom stereocenters. The lowest BCUT2D eigenvalue weighted by atomic mass is 9.99. The quantitative estimate of drug-likeness (QED) is 0.471. The second kappa shape index (κ2) is 6.93. The van der Waals surface area contributed by atoms with Crippen molar-refractivity contribution >= 4 is 0 Å². The average molecular weight is 248 g/mol. The van der Waals surface area contributed by atoms with Crippen molar-refractivity contribution < 1.29 is 29.9 Å². The molecule has 1 saturated heterocycles. The summed E-state index contributed by atoms with van der Waals surface area (Å²) in [6, 6.07) is 0. The number of aliphatic hydroxyl groups excluding tert-OH is 4. The average Bonchev–Trinajstić information content (AvgIpc) is 2.34. The monoisotopic (exact) mass is 248 g/mol. The largest absolute Gasteiger partial charge is 0.470 e. The molecule has 1 fully saturated rings. The van der Waals surface area contributed by atoms with Crippen molar-refractivity contribution in [2.45, 2.75) is 50.5 Å². The molecule has 4 N–H and O–H groups in total. The number of rotatable bonds is 5. The highest BCUT2D eigenvalue weighted by Gasteiger charge is 2.44. The molecule has 1 aliphatic rings. The number of aliphatic hydroxyl groups is 4. The zero-order valence-electron chi connectivity index (χ0n) is 9.77. The van der Waals surface area contributed by atoms with Gasteiger partial charge in [0.15, 0.2) is 0 Å². The van der Waals surface area contributed by atoms with Crippen molar-refractivity contribution in [3.05, 3.63) is 12.3 Å². The van der Waals surface area contributed by atoms with E-state index in [9.17, 15) is 15.3 Å². The van der Waals surface area contributed by atoms with Gasteiger partial charge in [-0.1, -0.05) is 13.3 Å². The van der Waals surface area contributed by atoms with Gasteiger partial charge in [-0.2, -0.15) is 0 Å². The zero-order valence-corrected chi connectivity index (χ0v) is 9.77. The molecule has 0 amide bonds. The second-order valence-electron chi connectivity index (χ2n) is 3.99. The van der Waals surface area contributed by atoms with Gasteiger partial charge >= 0.3 is 0 Å². The third-order valence-corrected chi connectivity index (χ3v) is 2.61. The lowest BCUT2D eigenvalue weighted by Crippen LogP contribution is -2.58. The third kappa shape index (κ3) is 3.65. The lowest BCUT2D eigenvalue weighted by molar-refractivity contribution is -0.287. The normalized spacial score (nSPS) is 38.5. The van der Waals surface area contributed by atoms with E-state index in [1.165, 1.54) is 6.26 Å². The van der Waals surface area contributed by atoms with Crippen LogP contribution in [-0.2, 0) is 9.47 Å². The van der Waals surface area contributed by atoms with Gasteiger partial charge in [-0.15, -0.1) is 0 Å². The second-order valence-corrected chi connectivity index (χ2v) is 3.99. The Bertz CT molecular complexity index is 242. The molecule has 1 heterocycles. The van der Waals surface area contributed by atoms with Crippen molar-refractivity contribution in [1.29, 1.82) is 0 Å². The summed E-state index contributed by atoms with van der Waals surface area (Å²) < 4.78 is 10.2. The van der Waals surface area contributed by atoms with Crippen LogP contribution in [0.3, 0.4) is 0 Å². The van der Waals surface area contributed by atoms with Crippen LogP contribution >= 0.6 is 0 Å². The number of unbranched alkanes of at least 4 members (excludes halogenated alkanes) is 1. The highest BCUT2D eigenvalue weighted by molar-refractivity contribution is 4.89. The summed E-state index contributed by atoms with van der Waals surface area (Å²) in [7, 11) is 0. The standard InChI is InChI=1S/C11H20O6/c1-2-3-4-5-16-11-10(15)9(14)8(13)7(6-12)17-11/h4-5,7-15H,2-3,6H2,1H3/t7-,8-,9+,10+,11+/m1/s1. The molecular weight excluding hydrogens is 228 g/mol. The predicted molar refractivity (Wildman–Crippen MR) is 58.9 cm³/mol. The topological polar surface area (TPSA) is 99.4 Å². The van der Waals surface area contributed by atoms with E-state index in [0.29, 0.717) is 0 Å². The Morgan fingerprint density at radius 3 is 2.47 bits per heavy atom. The first-order chi connectivity index (χ1) is 8.11. The third-order valence-electron chi connectivity index (χ3n) is 2.61. The molecular formula is C11H20O6. The van der Waals surface area contributed by atoms with Gasteiger partial charge in [0.05, 0.1) is 12.9 Å². The fraction of sp³-hybridized carbons (Fsp3) is 0.818. The molecule has 0 saturated carbocycles. The number of ether oxygens (including phenoxy) is 2. The van der Waals surface area contributed by atoms with E-state index in [0.717, 1.165) is 12.8 Å². The number of hydrogen-bond donors (Lipinski definition) is 4. The zero-order chi connectivity index (χ0) is 12.8. The maximum atomic E-state index is 9.60. The van der Waals surface area contributed by atoms with Crippen molar-refractivity contribution in [2.24, 2.45) is 0 Å². The van der Waals surface area contributed by atoms with Crippen LogP contribution in [0, 0.1) is 0 Å². The smallest absolute Gasteiger partial charge is 0.228 e. The van der Waals surface area contributed by atoms with Gasteiger partial charge < -0.3 is 29.9 Å². The Labute approximate surface area is 100 Å². The van der Waals surface area contributed by atoms with Gasteiger partial charge in [0.25, 0.3) is 0 Å². The Morgan fingerprint density at radius 1 is 1.18 bits per heavy atom. The van der Waals surface area contributed by atoms with Gasteiger partial charge in [0.1, 0.15) is 24.4 Å². The molecule has 0 bridgehead atoms. The lowest BCUT2D eigenvalue weighted by Gasteiger charge is -2.39. The molecule has 6 nitrogen and oxygen atoms in total. The fourth-order valence-electron chi connectivity index (χ4n) is 1.55. The van der Waals surface area contributed by atoms with E-state index < -0.39 is 37.3 Å². The summed E-state index contributed by atoms with van der Waals surface area (Å²) in [5, 5.41) is 37.5. The molecule has 5 atom stereocenters. The molecule has 6 heteroatoms. The van der Waals surface area contributed by atoms with Crippen molar-refractivity contribution in [3.8, 4) is 0 Å². The Kier molecular flexibility index (Phi) is 5.87. The van der Waals surface area contributed by atoms with Gasteiger partial charge in [0.2, 0.25) is 6.29 Å². The summed E-state index contributed by atoms with van der Waals surface area (Å²) in [4.78, 5) is 0. The molecule has 0 radical (unpaired) electrons. The SMILES string of the molecule is CCCC=CO[C@H]1O[C@H](CO)[C@@H](O)[C@H](O)[C@@H]1O. The van der Waals surface area contributed by atoms with Crippen LogP contribution in [0.15, 0.2) is 12.3 Å². The van der Waals surface area contributed by atoms with Crippen LogP contribution in [0.1, 0.15) is 19.8 Å².